The number of pyridine rings is 1. The Kier molecular flexibility index (Phi) is 6.12. The lowest BCUT2D eigenvalue weighted by Gasteiger charge is -2.31. The average Bonchev–Trinajstić information content (AvgIpc) is 2.83. The van der Waals surface area contributed by atoms with Gasteiger partial charge < -0.3 is 15.4 Å². The van der Waals surface area contributed by atoms with E-state index < -0.39 is 11.9 Å². The highest BCUT2D eigenvalue weighted by molar-refractivity contribution is 6.07. The highest BCUT2D eigenvalue weighted by Gasteiger charge is 2.31. The number of aromatic nitrogens is 1. The van der Waals surface area contributed by atoms with E-state index in [1.807, 2.05) is 54.6 Å². The summed E-state index contributed by atoms with van der Waals surface area (Å²) in [5, 5.41) is 0.715. The monoisotopic (exact) mass is 425 g/mol. The van der Waals surface area contributed by atoms with Gasteiger partial charge in [0, 0.05) is 23.7 Å². The van der Waals surface area contributed by atoms with Gasteiger partial charge in [-0.1, -0.05) is 54.6 Å². The zero-order valence-corrected chi connectivity index (χ0v) is 17.6. The van der Waals surface area contributed by atoms with Crippen LogP contribution >= 0.6 is 0 Å². The van der Waals surface area contributed by atoms with Crippen molar-refractivity contribution >= 4 is 22.7 Å². The summed E-state index contributed by atoms with van der Waals surface area (Å²) >= 11 is 0. The summed E-state index contributed by atoms with van der Waals surface area (Å²) in [5.41, 5.74) is 8.47. The van der Waals surface area contributed by atoms with Crippen LogP contribution in [0.3, 0.4) is 0 Å². The number of ether oxygens (including phenoxy) is 1. The molecule has 0 radical (unpaired) electrons. The van der Waals surface area contributed by atoms with Crippen LogP contribution in [-0.2, 0) is 11.3 Å². The maximum atomic E-state index is 13.9. The van der Waals surface area contributed by atoms with Crippen LogP contribution in [-0.4, -0.2) is 28.8 Å². The summed E-state index contributed by atoms with van der Waals surface area (Å²) in [7, 11) is 1.58. The van der Waals surface area contributed by atoms with Gasteiger partial charge in [0.2, 0.25) is 5.91 Å². The molecule has 6 nitrogen and oxygen atoms in total. The van der Waals surface area contributed by atoms with E-state index in [1.165, 1.54) is 4.90 Å². The van der Waals surface area contributed by atoms with Crippen molar-refractivity contribution in [1.29, 1.82) is 0 Å². The van der Waals surface area contributed by atoms with E-state index in [0.717, 1.165) is 5.56 Å². The largest absolute Gasteiger partial charge is 0.497 e. The van der Waals surface area contributed by atoms with Gasteiger partial charge in [0.25, 0.3) is 5.91 Å². The first kappa shape index (κ1) is 21.1. The summed E-state index contributed by atoms with van der Waals surface area (Å²) in [6, 6.07) is 24.6. The van der Waals surface area contributed by atoms with Crippen molar-refractivity contribution in [3.05, 3.63) is 108 Å². The van der Waals surface area contributed by atoms with Gasteiger partial charge in [-0.15, -0.1) is 0 Å². The standard InChI is InChI=1S/C26H23N3O3/c1-32-20-11-5-8-18(16-20)17-29(24(25(27)30)19-9-3-2-4-10-19)26(31)22-12-6-14-23-21(22)13-7-15-28-23/h2-16,24H,17H2,1H3,(H2,27,30)/t24-/m1/s1. The van der Waals surface area contributed by atoms with E-state index in [9.17, 15) is 9.59 Å². The number of amides is 2. The van der Waals surface area contributed by atoms with Gasteiger partial charge in [-0.2, -0.15) is 0 Å². The highest BCUT2D eigenvalue weighted by atomic mass is 16.5. The smallest absolute Gasteiger partial charge is 0.255 e. The second-order valence-corrected chi connectivity index (χ2v) is 7.38. The maximum Gasteiger partial charge on any atom is 0.255 e. The summed E-state index contributed by atoms with van der Waals surface area (Å²) in [5.74, 6) is -0.246. The number of rotatable bonds is 7. The van der Waals surface area contributed by atoms with Crippen LogP contribution in [0, 0.1) is 0 Å². The van der Waals surface area contributed by atoms with Crippen LogP contribution in [0.2, 0.25) is 0 Å². The number of hydrogen-bond donors (Lipinski definition) is 1. The van der Waals surface area contributed by atoms with E-state index in [0.29, 0.717) is 27.8 Å². The Bertz CT molecular complexity index is 1250. The molecule has 2 amide bonds. The molecule has 0 fully saturated rings. The fraction of sp³-hybridized carbons (Fsp3) is 0.115. The number of carbonyl (C=O) groups excluding carboxylic acids is 2. The van der Waals surface area contributed by atoms with E-state index in [4.69, 9.17) is 10.5 Å². The lowest BCUT2D eigenvalue weighted by Crippen LogP contribution is -2.41. The van der Waals surface area contributed by atoms with Crippen LogP contribution in [0.5, 0.6) is 5.75 Å². The van der Waals surface area contributed by atoms with Crippen molar-refractivity contribution < 1.29 is 14.3 Å². The van der Waals surface area contributed by atoms with Crippen molar-refractivity contribution in [2.24, 2.45) is 5.73 Å². The number of benzene rings is 3. The van der Waals surface area contributed by atoms with Crippen molar-refractivity contribution in [2.75, 3.05) is 7.11 Å². The second kappa shape index (κ2) is 9.31. The Morgan fingerprint density at radius 2 is 1.75 bits per heavy atom. The molecule has 0 bridgehead atoms. The molecule has 0 unspecified atom stereocenters. The molecule has 160 valence electrons. The molecule has 0 aliphatic rings. The van der Waals surface area contributed by atoms with Crippen molar-refractivity contribution in [1.82, 2.24) is 9.88 Å². The molecule has 1 heterocycles. The first-order chi connectivity index (χ1) is 15.6. The zero-order chi connectivity index (χ0) is 22.5. The number of nitrogens with two attached hydrogens (primary N) is 1. The normalized spacial score (nSPS) is 11.7. The van der Waals surface area contributed by atoms with Crippen LogP contribution in [0.1, 0.15) is 27.5 Å². The fourth-order valence-electron chi connectivity index (χ4n) is 3.83. The van der Waals surface area contributed by atoms with Crippen molar-refractivity contribution in [3.8, 4) is 5.75 Å². The summed E-state index contributed by atoms with van der Waals surface area (Å²) in [6.07, 6.45) is 1.68. The van der Waals surface area contributed by atoms with Gasteiger partial charge in [-0.25, -0.2) is 0 Å². The van der Waals surface area contributed by atoms with Gasteiger partial charge in [-0.05, 0) is 41.5 Å². The Morgan fingerprint density at radius 3 is 2.50 bits per heavy atom. The minimum atomic E-state index is -0.943. The third kappa shape index (κ3) is 4.30. The quantitative estimate of drug-likeness (QED) is 0.483. The predicted octanol–water partition coefficient (Wildman–Crippen LogP) is 4.11. The Labute approximate surface area is 186 Å². The number of primary amides is 1. The molecule has 0 aliphatic carbocycles. The number of hydrogen-bond acceptors (Lipinski definition) is 4. The highest BCUT2D eigenvalue weighted by Crippen LogP contribution is 2.28. The molecule has 4 rings (SSSR count). The van der Waals surface area contributed by atoms with Crippen LogP contribution in [0.25, 0.3) is 10.9 Å². The van der Waals surface area contributed by atoms with E-state index in [2.05, 4.69) is 4.98 Å². The molecule has 0 saturated carbocycles. The maximum absolute atomic E-state index is 13.9. The lowest BCUT2D eigenvalue weighted by molar-refractivity contribution is -0.122. The van der Waals surface area contributed by atoms with Crippen molar-refractivity contribution in [2.45, 2.75) is 12.6 Å². The number of carbonyl (C=O) groups is 2. The summed E-state index contributed by atoms with van der Waals surface area (Å²) in [6.45, 7) is 0.176. The van der Waals surface area contributed by atoms with Crippen LogP contribution in [0.15, 0.2) is 91.1 Å². The molecule has 0 spiro atoms. The Balaban J connectivity index is 1.84. The lowest BCUT2D eigenvalue weighted by atomic mass is 10.0. The van der Waals surface area contributed by atoms with Crippen molar-refractivity contribution in [3.63, 3.8) is 0 Å². The number of methoxy groups -OCH3 is 1. The number of nitrogens with zero attached hydrogens (tertiary/aromatic N) is 2. The van der Waals surface area contributed by atoms with Gasteiger partial charge in [-0.3, -0.25) is 14.6 Å². The summed E-state index contributed by atoms with van der Waals surface area (Å²) < 4.78 is 5.33. The number of fused-ring (bicyclic) bond motifs is 1. The average molecular weight is 425 g/mol. The topological polar surface area (TPSA) is 85.5 Å². The zero-order valence-electron chi connectivity index (χ0n) is 17.6. The minimum Gasteiger partial charge on any atom is -0.497 e. The third-order valence-electron chi connectivity index (χ3n) is 5.32. The van der Waals surface area contributed by atoms with Gasteiger partial charge in [0.05, 0.1) is 12.6 Å². The predicted molar refractivity (Wildman–Crippen MR) is 123 cm³/mol. The summed E-state index contributed by atoms with van der Waals surface area (Å²) in [4.78, 5) is 32.4. The fourth-order valence-corrected chi connectivity index (χ4v) is 3.83. The van der Waals surface area contributed by atoms with Gasteiger partial charge >= 0.3 is 0 Å². The molecule has 0 aliphatic heterocycles. The first-order valence-corrected chi connectivity index (χ1v) is 10.2. The molecule has 6 heteroatoms. The van der Waals surface area contributed by atoms with Crippen LogP contribution in [0.4, 0.5) is 0 Å². The molecule has 4 aromatic rings. The van der Waals surface area contributed by atoms with Gasteiger partial charge in [0.1, 0.15) is 11.8 Å². The van der Waals surface area contributed by atoms with E-state index in [-0.39, 0.29) is 12.5 Å². The molecule has 2 N–H and O–H groups in total. The van der Waals surface area contributed by atoms with E-state index >= 15 is 0 Å². The minimum absolute atomic E-state index is 0.176. The van der Waals surface area contributed by atoms with Gasteiger partial charge in [0.15, 0.2) is 0 Å². The Morgan fingerprint density at radius 1 is 0.969 bits per heavy atom. The SMILES string of the molecule is COc1cccc(CN(C(=O)c2cccc3ncccc23)[C@@H](C(N)=O)c2ccccc2)c1. The molecule has 32 heavy (non-hydrogen) atoms. The molecule has 1 aromatic heterocycles. The third-order valence-corrected chi connectivity index (χ3v) is 5.32. The molecule has 0 saturated heterocycles. The molecule has 1 atom stereocenters. The Hall–Kier alpha value is -4.19. The van der Waals surface area contributed by atoms with Crippen LogP contribution < -0.4 is 10.5 Å². The first-order valence-electron chi connectivity index (χ1n) is 10.2. The molecular weight excluding hydrogens is 402 g/mol. The molecule has 3 aromatic carbocycles. The molecular formula is C26H23N3O3. The second-order valence-electron chi connectivity index (χ2n) is 7.38. The van der Waals surface area contributed by atoms with E-state index in [1.54, 1.807) is 43.6 Å².